The first kappa shape index (κ1) is 24.2. The second kappa shape index (κ2) is 8.87. The lowest BCUT2D eigenvalue weighted by atomic mass is 9.94. The zero-order valence-electron chi connectivity index (χ0n) is 19.7. The summed E-state index contributed by atoms with van der Waals surface area (Å²) in [6, 6.07) is 11.1. The van der Waals surface area contributed by atoms with Crippen molar-refractivity contribution in [3.63, 3.8) is 0 Å². The van der Waals surface area contributed by atoms with Crippen molar-refractivity contribution >= 4 is 5.91 Å². The highest BCUT2D eigenvalue weighted by molar-refractivity contribution is 5.83. The molecule has 3 aromatic rings. The van der Waals surface area contributed by atoms with Crippen molar-refractivity contribution in [2.75, 3.05) is 6.54 Å². The smallest absolute Gasteiger partial charge is 0.338 e. The molecule has 0 radical (unpaired) electrons. The molecule has 1 aliphatic carbocycles. The van der Waals surface area contributed by atoms with E-state index in [-0.39, 0.29) is 29.4 Å². The normalized spacial score (nSPS) is 17.8. The molecule has 1 aromatic heterocycles. The van der Waals surface area contributed by atoms with Crippen molar-refractivity contribution in [2.24, 2.45) is 0 Å². The molecule has 1 aliphatic heterocycles. The number of halogens is 4. The van der Waals surface area contributed by atoms with Crippen LogP contribution in [0, 0.1) is 5.82 Å². The van der Waals surface area contributed by atoms with Gasteiger partial charge in [0.1, 0.15) is 11.6 Å². The van der Waals surface area contributed by atoms with Crippen LogP contribution in [0.1, 0.15) is 65.9 Å². The van der Waals surface area contributed by atoms with Crippen LogP contribution < -0.4 is 5.56 Å². The lowest BCUT2D eigenvalue weighted by molar-refractivity contribution is -0.138. The Labute approximate surface area is 205 Å². The van der Waals surface area contributed by atoms with Gasteiger partial charge in [-0.25, -0.2) is 9.37 Å². The maximum atomic E-state index is 13.8. The molecule has 0 spiro atoms. The maximum Gasteiger partial charge on any atom is 0.416 e. The Morgan fingerprint density at radius 3 is 2.58 bits per heavy atom. The van der Waals surface area contributed by atoms with Gasteiger partial charge in [-0.05, 0) is 61.9 Å². The highest BCUT2D eigenvalue weighted by Gasteiger charge is 2.49. The number of carbonyl (C=O) groups is 1. The van der Waals surface area contributed by atoms with E-state index in [1.165, 1.54) is 29.2 Å². The van der Waals surface area contributed by atoms with Crippen molar-refractivity contribution in [1.29, 1.82) is 0 Å². The molecule has 1 N–H and O–H groups in total. The van der Waals surface area contributed by atoms with Gasteiger partial charge >= 0.3 is 6.18 Å². The van der Waals surface area contributed by atoms with E-state index in [1.807, 2.05) is 6.07 Å². The number of carbonyl (C=O) groups excluding carboxylic acids is 1. The van der Waals surface area contributed by atoms with Gasteiger partial charge in [-0.2, -0.15) is 13.2 Å². The summed E-state index contributed by atoms with van der Waals surface area (Å²) < 4.78 is 53.3. The molecule has 1 saturated carbocycles. The fourth-order valence-corrected chi connectivity index (χ4v) is 5.01. The third-order valence-corrected chi connectivity index (χ3v) is 7.27. The van der Waals surface area contributed by atoms with Crippen LogP contribution in [-0.2, 0) is 29.4 Å². The number of aromatic nitrogens is 2. The fourth-order valence-electron chi connectivity index (χ4n) is 5.01. The molecule has 1 unspecified atom stereocenters. The SMILES string of the molecule is CC(C(=O)N1CCCc2nc(C3(c4cccc(F)c4)CC3)[nH]c(=O)c2C1)c1cccc(C(F)(F)F)c1. The summed E-state index contributed by atoms with van der Waals surface area (Å²) >= 11 is 0. The van der Waals surface area contributed by atoms with Gasteiger partial charge in [0.25, 0.3) is 5.56 Å². The van der Waals surface area contributed by atoms with E-state index in [4.69, 9.17) is 4.98 Å². The minimum atomic E-state index is -4.50. The van der Waals surface area contributed by atoms with E-state index in [0.29, 0.717) is 36.5 Å². The second-order valence-corrected chi connectivity index (χ2v) is 9.64. The molecular formula is C27H25F4N3O2. The molecule has 36 heavy (non-hydrogen) atoms. The van der Waals surface area contributed by atoms with E-state index in [9.17, 15) is 27.2 Å². The molecule has 5 nitrogen and oxygen atoms in total. The van der Waals surface area contributed by atoms with Crippen LogP contribution in [0.2, 0.25) is 0 Å². The van der Waals surface area contributed by atoms with E-state index in [1.54, 1.807) is 13.0 Å². The Morgan fingerprint density at radius 1 is 1.14 bits per heavy atom. The molecule has 2 aliphatic rings. The van der Waals surface area contributed by atoms with Crippen molar-refractivity contribution < 1.29 is 22.4 Å². The van der Waals surface area contributed by atoms with Crippen LogP contribution in [0.4, 0.5) is 17.6 Å². The van der Waals surface area contributed by atoms with Crippen LogP contribution in [0.15, 0.2) is 53.3 Å². The number of alkyl halides is 3. The number of aromatic amines is 1. The molecule has 1 atom stereocenters. The highest BCUT2D eigenvalue weighted by Crippen LogP contribution is 2.52. The number of nitrogens with zero attached hydrogens (tertiary/aromatic N) is 2. The maximum absolute atomic E-state index is 13.8. The monoisotopic (exact) mass is 499 g/mol. The van der Waals surface area contributed by atoms with Crippen LogP contribution in [0.5, 0.6) is 0 Å². The topological polar surface area (TPSA) is 66.1 Å². The first-order chi connectivity index (χ1) is 17.1. The average Bonchev–Trinajstić information content (AvgIpc) is 3.67. The molecular weight excluding hydrogens is 474 g/mol. The average molecular weight is 500 g/mol. The lowest BCUT2D eigenvalue weighted by Gasteiger charge is -2.25. The quantitative estimate of drug-likeness (QED) is 0.509. The lowest BCUT2D eigenvalue weighted by Crippen LogP contribution is -2.36. The summed E-state index contributed by atoms with van der Waals surface area (Å²) in [5, 5.41) is 0. The number of aryl methyl sites for hydroxylation is 1. The summed E-state index contributed by atoms with van der Waals surface area (Å²) in [6.45, 7) is 1.97. The first-order valence-electron chi connectivity index (χ1n) is 11.9. The number of rotatable bonds is 4. The van der Waals surface area contributed by atoms with Gasteiger partial charge < -0.3 is 9.88 Å². The van der Waals surface area contributed by atoms with Gasteiger partial charge in [0.15, 0.2) is 0 Å². The number of benzene rings is 2. The Morgan fingerprint density at radius 2 is 1.89 bits per heavy atom. The summed E-state index contributed by atoms with van der Waals surface area (Å²) in [4.78, 5) is 35.6. The third-order valence-electron chi connectivity index (χ3n) is 7.27. The molecule has 0 bridgehead atoms. The van der Waals surface area contributed by atoms with Gasteiger partial charge in [-0.1, -0.05) is 30.3 Å². The zero-order valence-corrected chi connectivity index (χ0v) is 19.7. The number of fused-ring (bicyclic) bond motifs is 1. The third kappa shape index (κ3) is 4.42. The number of H-pyrrole nitrogens is 1. The first-order valence-corrected chi connectivity index (χ1v) is 11.9. The van der Waals surface area contributed by atoms with Crippen molar-refractivity contribution in [2.45, 2.75) is 56.7 Å². The van der Waals surface area contributed by atoms with Gasteiger partial charge in [0.2, 0.25) is 5.91 Å². The molecule has 0 saturated heterocycles. The molecule has 2 aromatic carbocycles. The molecule has 188 valence electrons. The minimum Gasteiger partial charge on any atom is -0.338 e. The number of nitrogens with one attached hydrogen (secondary N) is 1. The van der Waals surface area contributed by atoms with Gasteiger partial charge in [0, 0.05) is 6.54 Å². The molecule has 1 amide bonds. The van der Waals surface area contributed by atoms with Gasteiger partial charge in [0.05, 0.1) is 34.7 Å². The molecule has 1 fully saturated rings. The van der Waals surface area contributed by atoms with Crippen molar-refractivity contribution in [1.82, 2.24) is 14.9 Å². The van der Waals surface area contributed by atoms with E-state index >= 15 is 0 Å². The largest absolute Gasteiger partial charge is 0.416 e. The highest BCUT2D eigenvalue weighted by atomic mass is 19.4. The Hall–Kier alpha value is -3.49. The van der Waals surface area contributed by atoms with E-state index in [2.05, 4.69) is 4.98 Å². The molecule has 2 heterocycles. The van der Waals surface area contributed by atoms with Crippen LogP contribution >= 0.6 is 0 Å². The van der Waals surface area contributed by atoms with Gasteiger partial charge in [-0.3, -0.25) is 9.59 Å². The van der Waals surface area contributed by atoms with Crippen LogP contribution in [-0.4, -0.2) is 27.3 Å². The summed E-state index contributed by atoms with van der Waals surface area (Å²) in [7, 11) is 0. The predicted octanol–water partition coefficient (Wildman–Crippen LogP) is 5.09. The Balaban J connectivity index is 1.41. The standard InChI is InChI=1S/C27H25F4N3O2/c1-16(17-5-2-7-19(13-17)27(29,30)31)24(36)34-12-4-9-22-21(15-34)23(35)33-25(32-22)26(10-11-26)18-6-3-8-20(28)14-18/h2-3,5-8,13-14,16H,4,9-12,15H2,1H3,(H,32,33,35). The van der Waals surface area contributed by atoms with Crippen molar-refractivity contribution in [3.05, 3.63) is 98.5 Å². The number of hydrogen-bond donors (Lipinski definition) is 1. The number of amides is 1. The summed E-state index contributed by atoms with van der Waals surface area (Å²) in [6.07, 6.45) is -1.94. The van der Waals surface area contributed by atoms with Crippen molar-refractivity contribution in [3.8, 4) is 0 Å². The van der Waals surface area contributed by atoms with Crippen LogP contribution in [0.3, 0.4) is 0 Å². The molecule has 9 heteroatoms. The van der Waals surface area contributed by atoms with E-state index < -0.39 is 23.1 Å². The number of hydrogen-bond acceptors (Lipinski definition) is 3. The van der Waals surface area contributed by atoms with E-state index in [0.717, 1.165) is 30.5 Å². The summed E-state index contributed by atoms with van der Waals surface area (Å²) in [5.74, 6) is -0.985. The van der Waals surface area contributed by atoms with Crippen LogP contribution in [0.25, 0.3) is 0 Å². The minimum absolute atomic E-state index is 0.0348. The predicted molar refractivity (Wildman–Crippen MR) is 125 cm³/mol. The Kier molecular flexibility index (Phi) is 5.97. The fraction of sp³-hybridized carbons (Fsp3) is 0.370. The Bertz CT molecular complexity index is 1380. The zero-order chi connectivity index (χ0) is 25.7. The summed E-state index contributed by atoms with van der Waals surface area (Å²) in [5.41, 5.74) is 0.369. The second-order valence-electron chi connectivity index (χ2n) is 9.64. The molecule has 5 rings (SSSR count). The van der Waals surface area contributed by atoms with Gasteiger partial charge in [-0.15, -0.1) is 0 Å².